The summed E-state index contributed by atoms with van der Waals surface area (Å²) in [4.78, 5) is 15.6. The number of aliphatic hydroxyl groups is 1. The lowest BCUT2D eigenvalue weighted by atomic mass is 10.2. The average Bonchev–Trinajstić information content (AvgIpc) is 2.45. The number of amides is 1. The molecule has 0 aliphatic carbocycles. The molecule has 2 rings (SSSR count). The third-order valence-corrected chi connectivity index (χ3v) is 2.31. The predicted molar refractivity (Wildman–Crippen MR) is 38.2 cm³/mol. The number of hydrogen-bond acceptors (Lipinski definition) is 1. The van der Waals surface area contributed by atoms with Crippen molar-refractivity contribution in [1.82, 2.24) is 4.90 Å². The number of nitrogens with one attached hydrogen (secondary N) is 1. The fraction of sp³-hybridized carbons (Fsp3) is 0.714. The van der Waals surface area contributed by atoms with Crippen molar-refractivity contribution in [2.24, 2.45) is 0 Å². The Morgan fingerprint density at radius 1 is 1.64 bits per heavy atom. The van der Waals surface area contributed by atoms with Crippen LogP contribution in [0.25, 0.3) is 0 Å². The summed E-state index contributed by atoms with van der Waals surface area (Å²) in [6.07, 6.45) is 1.90. The van der Waals surface area contributed by atoms with Gasteiger partial charge < -0.3 is 10.0 Å². The van der Waals surface area contributed by atoms with Gasteiger partial charge in [0.2, 0.25) is 6.54 Å². The third kappa shape index (κ3) is 0.895. The SMILES string of the molecule is O=C1C[NH+]=C(O)C2CCCN12. The molecule has 0 spiro atoms. The molecule has 0 bridgehead atoms. The minimum atomic E-state index is -0.0451. The Labute approximate surface area is 64.5 Å². The highest BCUT2D eigenvalue weighted by Gasteiger charge is 2.39. The predicted octanol–water partition coefficient (Wildman–Crippen LogP) is -1.97. The molecular weight excluding hydrogens is 144 g/mol. The third-order valence-electron chi connectivity index (χ3n) is 2.31. The van der Waals surface area contributed by atoms with Crippen LogP contribution in [0.5, 0.6) is 0 Å². The smallest absolute Gasteiger partial charge is 0.356 e. The molecule has 1 amide bonds. The zero-order chi connectivity index (χ0) is 7.84. The van der Waals surface area contributed by atoms with E-state index in [1.807, 2.05) is 0 Å². The molecule has 0 saturated carbocycles. The maximum Gasteiger partial charge on any atom is 0.356 e. The van der Waals surface area contributed by atoms with Gasteiger partial charge in [-0.15, -0.1) is 0 Å². The molecule has 2 N–H and O–H groups in total. The quantitative estimate of drug-likeness (QED) is 0.426. The van der Waals surface area contributed by atoms with Gasteiger partial charge >= 0.3 is 5.90 Å². The first-order valence-corrected chi connectivity index (χ1v) is 3.88. The molecule has 2 aliphatic heterocycles. The van der Waals surface area contributed by atoms with E-state index in [1.54, 1.807) is 4.90 Å². The van der Waals surface area contributed by atoms with Crippen molar-refractivity contribution in [1.29, 1.82) is 0 Å². The first kappa shape index (κ1) is 6.64. The van der Waals surface area contributed by atoms with Gasteiger partial charge in [-0.1, -0.05) is 0 Å². The Bertz CT molecular complexity index is 224. The second-order valence-corrected chi connectivity index (χ2v) is 2.98. The van der Waals surface area contributed by atoms with E-state index in [9.17, 15) is 9.90 Å². The Kier molecular flexibility index (Phi) is 1.34. The van der Waals surface area contributed by atoms with E-state index >= 15 is 0 Å². The summed E-state index contributed by atoms with van der Waals surface area (Å²) in [5.41, 5.74) is 0. The topological polar surface area (TPSA) is 54.5 Å². The second kappa shape index (κ2) is 2.22. The Morgan fingerprint density at radius 3 is 3.18 bits per heavy atom. The average molecular weight is 155 g/mol. The van der Waals surface area contributed by atoms with Crippen molar-refractivity contribution in [3.63, 3.8) is 0 Å². The molecule has 4 nitrogen and oxygen atoms in total. The lowest BCUT2D eigenvalue weighted by Crippen LogP contribution is -2.83. The maximum atomic E-state index is 11.2. The van der Waals surface area contributed by atoms with Gasteiger partial charge in [0, 0.05) is 6.54 Å². The Hall–Kier alpha value is -1.06. The van der Waals surface area contributed by atoms with Crippen molar-refractivity contribution in [3.8, 4) is 0 Å². The molecule has 0 aromatic carbocycles. The Morgan fingerprint density at radius 2 is 2.45 bits per heavy atom. The molecule has 4 heteroatoms. The lowest BCUT2D eigenvalue weighted by molar-refractivity contribution is -0.463. The molecule has 2 heterocycles. The van der Waals surface area contributed by atoms with Crippen LogP contribution in [0.4, 0.5) is 0 Å². The van der Waals surface area contributed by atoms with Crippen molar-refractivity contribution in [2.75, 3.05) is 13.1 Å². The van der Waals surface area contributed by atoms with Crippen molar-refractivity contribution < 1.29 is 14.9 Å². The summed E-state index contributed by atoms with van der Waals surface area (Å²) in [7, 11) is 0. The number of nitrogens with zero attached hydrogens (tertiary/aromatic N) is 1. The highest BCUT2D eigenvalue weighted by Crippen LogP contribution is 2.17. The van der Waals surface area contributed by atoms with Gasteiger partial charge in [-0.2, -0.15) is 0 Å². The van der Waals surface area contributed by atoms with Gasteiger partial charge in [0.1, 0.15) is 0 Å². The fourth-order valence-electron chi connectivity index (χ4n) is 1.74. The van der Waals surface area contributed by atoms with E-state index in [4.69, 9.17) is 0 Å². The van der Waals surface area contributed by atoms with Crippen LogP contribution in [0.3, 0.4) is 0 Å². The number of fused-ring (bicyclic) bond motifs is 1. The van der Waals surface area contributed by atoms with Crippen molar-refractivity contribution >= 4 is 11.8 Å². The van der Waals surface area contributed by atoms with Gasteiger partial charge in [0.25, 0.3) is 5.91 Å². The van der Waals surface area contributed by atoms with E-state index in [0.717, 1.165) is 19.4 Å². The first-order chi connectivity index (χ1) is 5.29. The summed E-state index contributed by atoms with van der Waals surface area (Å²) < 4.78 is 0. The van der Waals surface area contributed by atoms with Crippen LogP contribution in [-0.4, -0.2) is 40.9 Å². The largest absolute Gasteiger partial charge is 0.462 e. The van der Waals surface area contributed by atoms with E-state index in [2.05, 4.69) is 4.99 Å². The highest BCUT2D eigenvalue weighted by atomic mass is 16.3. The molecule has 1 fully saturated rings. The van der Waals surface area contributed by atoms with Gasteiger partial charge in [-0.05, 0) is 12.8 Å². The minimum Gasteiger partial charge on any atom is -0.462 e. The van der Waals surface area contributed by atoms with Gasteiger partial charge in [-0.25, -0.2) is 4.99 Å². The summed E-state index contributed by atoms with van der Waals surface area (Å²) in [5.74, 6) is 0.368. The van der Waals surface area contributed by atoms with Crippen LogP contribution in [0.2, 0.25) is 0 Å². The molecule has 0 aromatic heterocycles. The molecule has 1 unspecified atom stereocenters. The maximum absolute atomic E-state index is 11.2. The van der Waals surface area contributed by atoms with E-state index in [1.165, 1.54) is 0 Å². The fourth-order valence-corrected chi connectivity index (χ4v) is 1.74. The highest BCUT2D eigenvalue weighted by molar-refractivity contribution is 5.87. The number of rotatable bonds is 0. The van der Waals surface area contributed by atoms with Crippen LogP contribution in [0.1, 0.15) is 12.8 Å². The van der Waals surface area contributed by atoms with Crippen LogP contribution < -0.4 is 4.99 Å². The first-order valence-electron chi connectivity index (χ1n) is 3.88. The number of aliphatic hydroxyl groups excluding tert-OH is 1. The zero-order valence-electron chi connectivity index (χ0n) is 6.21. The lowest BCUT2D eigenvalue weighted by Gasteiger charge is -2.21. The van der Waals surface area contributed by atoms with E-state index in [-0.39, 0.29) is 24.4 Å². The summed E-state index contributed by atoms with van der Waals surface area (Å²) in [5, 5.41) is 9.31. The van der Waals surface area contributed by atoms with Crippen molar-refractivity contribution in [2.45, 2.75) is 18.9 Å². The molecule has 0 radical (unpaired) electrons. The summed E-state index contributed by atoms with van der Waals surface area (Å²) in [6, 6.07) is -0.0451. The van der Waals surface area contributed by atoms with Crippen LogP contribution in [-0.2, 0) is 4.79 Å². The second-order valence-electron chi connectivity index (χ2n) is 2.98. The van der Waals surface area contributed by atoms with E-state index in [0.29, 0.717) is 0 Å². The molecular formula is C7H11N2O2+. The molecule has 60 valence electrons. The van der Waals surface area contributed by atoms with Crippen LogP contribution in [0, 0.1) is 0 Å². The van der Waals surface area contributed by atoms with Gasteiger partial charge in [0.05, 0.1) is 0 Å². The molecule has 1 atom stereocenters. The monoisotopic (exact) mass is 155 g/mol. The molecule has 1 saturated heterocycles. The zero-order valence-corrected chi connectivity index (χ0v) is 6.21. The standard InChI is InChI=1S/C7H10N2O2/c10-6-4-8-7(11)5-2-1-3-9(5)6/h5H,1-4H2,(H,8,11)/p+1. The molecule has 11 heavy (non-hydrogen) atoms. The van der Waals surface area contributed by atoms with Crippen molar-refractivity contribution in [3.05, 3.63) is 0 Å². The number of carbonyl (C=O) groups excluding carboxylic acids is 1. The number of carbonyl (C=O) groups is 1. The number of hydrogen-bond donors (Lipinski definition) is 2. The molecule has 2 aliphatic rings. The van der Waals surface area contributed by atoms with Crippen LogP contribution in [0.15, 0.2) is 0 Å². The summed E-state index contributed by atoms with van der Waals surface area (Å²) >= 11 is 0. The van der Waals surface area contributed by atoms with Crippen LogP contribution >= 0.6 is 0 Å². The van der Waals surface area contributed by atoms with Gasteiger partial charge in [0.15, 0.2) is 6.04 Å². The van der Waals surface area contributed by atoms with E-state index < -0.39 is 0 Å². The van der Waals surface area contributed by atoms with Gasteiger partial charge in [-0.3, -0.25) is 4.79 Å². The summed E-state index contributed by atoms with van der Waals surface area (Å²) in [6.45, 7) is 1.05. The Balaban J connectivity index is 2.27. The molecule has 0 aromatic rings. The minimum absolute atomic E-state index is 0.0451. The normalized spacial score (nSPS) is 30.2.